The molecule has 14 heteroatoms. The number of ether oxygens (including phenoxy) is 1. The number of hydrogen-bond acceptors (Lipinski definition) is 9. The van der Waals surface area contributed by atoms with E-state index in [1.165, 1.54) is 9.47 Å². The predicted octanol–water partition coefficient (Wildman–Crippen LogP) is 4.32. The highest BCUT2D eigenvalue weighted by atomic mass is 35.5. The van der Waals surface area contributed by atoms with Gasteiger partial charge in [0.15, 0.2) is 0 Å². The molecule has 0 aliphatic carbocycles. The van der Waals surface area contributed by atoms with E-state index in [4.69, 9.17) is 16.3 Å². The molecule has 3 aliphatic rings. The van der Waals surface area contributed by atoms with Gasteiger partial charge in [0.05, 0.1) is 25.5 Å². The molecular formula is C35H42ClF2N7O4. The Labute approximate surface area is 289 Å². The molecule has 2 aromatic heterocycles. The molecule has 3 aromatic rings. The van der Waals surface area contributed by atoms with E-state index >= 15 is 8.78 Å². The predicted molar refractivity (Wildman–Crippen MR) is 184 cm³/mol. The van der Waals surface area contributed by atoms with Gasteiger partial charge in [-0.2, -0.15) is 8.78 Å². The molecule has 1 aromatic carbocycles. The number of aromatic nitrogens is 2. The smallest absolute Gasteiger partial charge is 0.317 e. The van der Waals surface area contributed by atoms with Gasteiger partial charge in [-0.25, -0.2) is 9.88 Å². The molecule has 2 N–H and O–H groups in total. The first-order valence-electron chi connectivity index (χ1n) is 16.6. The minimum absolute atomic E-state index is 0.0632. The Kier molecular flexibility index (Phi) is 9.97. The highest BCUT2D eigenvalue weighted by molar-refractivity contribution is 6.32. The van der Waals surface area contributed by atoms with Crippen molar-refractivity contribution in [2.45, 2.75) is 64.2 Å². The van der Waals surface area contributed by atoms with Gasteiger partial charge in [-0.3, -0.25) is 24.6 Å². The van der Waals surface area contributed by atoms with Gasteiger partial charge in [0.25, 0.3) is 5.56 Å². The number of benzene rings is 1. The molecule has 1 atom stereocenters. The third-order valence-corrected chi connectivity index (χ3v) is 10.4. The number of rotatable bonds is 8. The van der Waals surface area contributed by atoms with E-state index in [1.54, 1.807) is 44.4 Å². The summed E-state index contributed by atoms with van der Waals surface area (Å²) in [5.41, 5.74) is 4.62. The summed E-state index contributed by atoms with van der Waals surface area (Å²) in [5, 5.41) is 5.82. The number of nitrogens with zero attached hydrogens (tertiary/aromatic N) is 5. The van der Waals surface area contributed by atoms with Crippen molar-refractivity contribution in [3.63, 3.8) is 0 Å². The van der Waals surface area contributed by atoms with Crippen molar-refractivity contribution >= 4 is 34.9 Å². The van der Waals surface area contributed by atoms with Crippen LogP contribution in [-0.4, -0.2) is 89.1 Å². The van der Waals surface area contributed by atoms with Crippen molar-refractivity contribution in [3.05, 3.63) is 68.7 Å². The summed E-state index contributed by atoms with van der Waals surface area (Å²) in [4.78, 5) is 45.5. The van der Waals surface area contributed by atoms with Gasteiger partial charge in [-0.05, 0) is 68.5 Å². The average molecular weight is 698 g/mol. The maximum atomic E-state index is 15.7. The lowest BCUT2D eigenvalue weighted by atomic mass is 9.97. The highest BCUT2D eigenvalue weighted by Gasteiger charge is 2.46. The molecule has 3 aliphatic heterocycles. The van der Waals surface area contributed by atoms with Crippen LogP contribution in [0, 0.1) is 13.8 Å². The Balaban J connectivity index is 1.06. The van der Waals surface area contributed by atoms with Gasteiger partial charge in [0.2, 0.25) is 11.8 Å². The van der Waals surface area contributed by atoms with Crippen molar-refractivity contribution in [2.75, 3.05) is 50.1 Å². The monoisotopic (exact) mass is 697 g/mol. The molecule has 1 unspecified atom stereocenters. The zero-order valence-corrected chi connectivity index (χ0v) is 28.9. The van der Waals surface area contributed by atoms with Gasteiger partial charge < -0.3 is 19.5 Å². The quantitative estimate of drug-likeness (QED) is 0.263. The van der Waals surface area contributed by atoms with E-state index < -0.39 is 18.6 Å². The van der Waals surface area contributed by atoms with Gasteiger partial charge in [-0.15, -0.1) is 0 Å². The third kappa shape index (κ3) is 7.29. The molecule has 262 valence electrons. The summed E-state index contributed by atoms with van der Waals surface area (Å²) in [6.07, 6.45) is 5.37. The molecule has 3 saturated heterocycles. The van der Waals surface area contributed by atoms with Crippen LogP contribution < -0.4 is 25.8 Å². The maximum Gasteiger partial charge on any atom is 0.317 e. The topological polar surface area (TPSA) is 112 Å². The van der Waals surface area contributed by atoms with Crippen LogP contribution >= 0.6 is 11.6 Å². The fourth-order valence-corrected chi connectivity index (χ4v) is 7.40. The summed E-state index contributed by atoms with van der Waals surface area (Å²) in [6, 6.07) is 3.59. The second-order valence-electron chi connectivity index (χ2n) is 13.2. The van der Waals surface area contributed by atoms with Crippen molar-refractivity contribution in [3.8, 4) is 16.9 Å². The number of alkyl halides is 2. The van der Waals surface area contributed by atoms with Crippen LogP contribution in [0.25, 0.3) is 11.1 Å². The number of piperazine rings is 1. The molecule has 5 heterocycles. The number of aryl methyl sites for hydroxylation is 1. The lowest BCUT2D eigenvalue weighted by molar-refractivity contribution is -0.204. The highest BCUT2D eigenvalue weighted by Crippen LogP contribution is 2.38. The summed E-state index contributed by atoms with van der Waals surface area (Å²) in [7, 11) is 3.25. The summed E-state index contributed by atoms with van der Waals surface area (Å²) in [5.74, 6) is 0.423. The summed E-state index contributed by atoms with van der Waals surface area (Å²) in [6.45, 7) is 5.42. The van der Waals surface area contributed by atoms with Crippen LogP contribution in [0.1, 0.15) is 42.4 Å². The van der Waals surface area contributed by atoms with E-state index in [1.807, 2.05) is 25.1 Å². The first-order chi connectivity index (χ1) is 23.3. The normalized spacial score (nSPS) is 20.7. The van der Waals surface area contributed by atoms with Crippen LogP contribution in [0.4, 0.5) is 20.3 Å². The zero-order chi connectivity index (χ0) is 35.0. The van der Waals surface area contributed by atoms with E-state index in [0.29, 0.717) is 66.6 Å². The summed E-state index contributed by atoms with van der Waals surface area (Å²) < 4.78 is 38.7. The SMILES string of the molecule is COc1cc(-c2cn(C)c(=O)c(C)c2C)cc(Cl)c1CN1CCN(C2CCN(c3ccc(NC4CCC(=O)NC4=O)nc3)CC2)C(F)(F)C1. The van der Waals surface area contributed by atoms with Gasteiger partial charge >= 0.3 is 6.05 Å². The molecule has 0 saturated carbocycles. The number of anilines is 2. The van der Waals surface area contributed by atoms with E-state index in [-0.39, 0.29) is 42.9 Å². The number of halogens is 3. The molecule has 0 bridgehead atoms. The van der Waals surface area contributed by atoms with Gasteiger partial charge in [0, 0.05) is 80.1 Å². The van der Waals surface area contributed by atoms with Crippen molar-refractivity contribution < 1.29 is 23.1 Å². The molecule has 0 radical (unpaired) electrons. The minimum Gasteiger partial charge on any atom is -0.496 e. The van der Waals surface area contributed by atoms with Crippen LogP contribution in [0.5, 0.6) is 5.75 Å². The largest absolute Gasteiger partial charge is 0.496 e. The number of pyridine rings is 2. The fraction of sp³-hybridized carbons (Fsp3) is 0.486. The lowest BCUT2D eigenvalue weighted by Gasteiger charge is -2.47. The van der Waals surface area contributed by atoms with E-state index in [2.05, 4.69) is 20.5 Å². The molecule has 11 nitrogen and oxygen atoms in total. The third-order valence-electron chi connectivity index (χ3n) is 10.1. The Morgan fingerprint density at radius 3 is 2.47 bits per heavy atom. The molecule has 0 spiro atoms. The average Bonchev–Trinajstić information content (AvgIpc) is 3.07. The number of amides is 2. The van der Waals surface area contributed by atoms with Crippen molar-refractivity contribution in [2.24, 2.45) is 7.05 Å². The van der Waals surface area contributed by atoms with Crippen molar-refractivity contribution in [1.29, 1.82) is 0 Å². The number of hydrogen-bond donors (Lipinski definition) is 2. The van der Waals surface area contributed by atoms with Gasteiger partial charge in [0.1, 0.15) is 17.6 Å². The second kappa shape index (κ2) is 14.0. The first-order valence-corrected chi connectivity index (χ1v) is 16.9. The first kappa shape index (κ1) is 34.8. The molecular weight excluding hydrogens is 656 g/mol. The number of carbonyl (C=O) groups is 2. The standard InChI is InChI=1S/C35H42ClF2N7O4/c1-21-22(2)34(48)42(3)18-26(21)23-15-28(36)27(30(16-23)49-4)19-43-13-14-45(35(37,38)20-43)24-9-11-44(12-10-24)25-5-7-31(39-17-25)40-29-6-8-32(46)41-33(29)47/h5,7,15-18,24,29H,6,8-14,19-20H2,1-4H3,(H,39,40)(H,41,46,47). The Morgan fingerprint density at radius 2 is 1.82 bits per heavy atom. The number of piperidine rings is 2. The van der Waals surface area contributed by atoms with Crippen LogP contribution in [0.15, 0.2) is 41.5 Å². The second-order valence-corrected chi connectivity index (χ2v) is 13.6. The number of imide groups is 1. The Bertz CT molecular complexity index is 1790. The maximum absolute atomic E-state index is 15.7. The van der Waals surface area contributed by atoms with E-state index in [0.717, 1.165) is 22.4 Å². The minimum atomic E-state index is -3.01. The Morgan fingerprint density at radius 1 is 1.06 bits per heavy atom. The number of carbonyl (C=O) groups excluding carboxylic acids is 2. The summed E-state index contributed by atoms with van der Waals surface area (Å²) >= 11 is 6.78. The fourth-order valence-electron chi connectivity index (χ4n) is 7.13. The molecule has 3 fully saturated rings. The number of methoxy groups -OCH3 is 1. The van der Waals surface area contributed by atoms with Crippen molar-refractivity contribution in [1.82, 2.24) is 24.7 Å². The van der Waals surface area contributed by atoms with Crippen LogP contribution in [0.2, 0.25) is 5.02 Å². The zero-order valence-electron chi connectivity index (χ0n) is 28.2. The molecule has 2 amide bonds. The van der Waals surface area contributed by atoms with Gasteiger partial charge in [-0.1, -0.05) is 11.6 Å². The molecule has 6 rings (SSSR count). The number of nitrogens with one attached hydrogen (secondary N) is 2. The van der Waals surface area contributed by atoms with E-state index in [9.17, 15) is 14.4 Å². The van der Waals surface area contributed by atoms with Crippen LogP contribution in [0.3, 0.4) is 0 Å². The lowest BCUT2D eigenvalue weighted by Crippen LogP contribution is -2.62. The Hall–Kier alpha value is -4.07. The van der Waals surface area contributed by atoms with Crippen LogP contribution in [-0.2, 0) is 23.2 Å². The molecule has 49 heavy (non-hydrogen) atoms.